The first-order chi connectivity index (χ1) is 11.5. The topological polar surface area (TPSA) is 79.5 Å². The average Bonchev–Trinajstić information content (AvgIpc) is 2.62. The molecule has 1 aromatic carbocycles. The van der Waals surface area contributed by atoms with Crippen molar-refractivity contribution in [3.8, 4) is 11.3 Å². The van der Waals surface area contributed by atoms with Crippen LogP contribution in [-0.4, -0.2) is 59.8 Å². The summed E-state index contributed by atoms with van der Waals surface area (Å²) >= 11 is 0. The zero-order valence-electron chi connectivity index (χ0n) is 13.6. The first-order valence-corrected chi connectivity index (χ1v) is 7.90. The minimum Gasteiger partial charge on any atom is -0.364 e. The highest BCUT2D eigenvalue weighted by Gasteiger charge is 2.20. The number of carbonyl (C=O) groups is 2. The summed E-state index contributed by atoms with van der Waals surface area (Å²) in [7, 11) is 2.06. The summed E-state index contributed by atoms with van der Waals surface area (Å²) in [5.74, 6) is -0.507. The van der Waals surface area contributed by atoms with E-state index in [2.05, 4.69) is 16.9 Å². The number of nitrogens with zero attached hydrogens (tertiary/aromatic N) is 3. The standard InChI is InChI=1S/C18H20N4O2/c1-21-9-11-22(12-10-21)18(24)14-7-5-13(6-8-14)15-3-2-4-16(20-15)17(19)23/h2-8H,9-12H2,1H3,(H2,19,23). The van der Waals surface area contributed by atoms with Crippen molar-refractivity contribution in [1.29, 1.82) is 0 Å². The van der Waals surface area contributed by atoms with Crippen LogP contribution in [0.25, 0.3) is 11.3 Å². The Balaban J connectivity index is 1.77. The van der Waals surface area contributed by atoms with E-state index >= 15 is 0 Å². The summed E-state index contributed by atoms with van der Waals surface area (Å²) in [4.78, 5) is 32.1. The van der Waals surface area contributed by atoms with E-state index < -0.39 is 5.91 Å². The zero-order valence-corrected chi connectivity index (χ0v) is 13.6. The Hall–Kier alpha value is -2.73. The molecule has 0 spiro atoms. The van der Waals surface area contributed by atoms with Gasteiger partial charge < -0.3 is 15.5 Å². The van der Waals surface area contributed by atoms with Crippen molar-refractivity contribution >= 4 is 11.8 Å². The number of rotatable bonds is 3. The van der Waals surface area contributed by atoms with Crippen molar-refractivity contribution in [2.75, 3.05) is 33.2 Å². The largest absolute Gasteiger partial charge is 0.364 e. The third kappa shape index (κ3) is 3.44. The number of hydrogen-bond acceptors (Lipinski definition) is 4. The third-order valence-electron chi connectivity index (χ3n) is 4.22. The Morgan fingerprint density at radius 2 is 1.67 bits per heavy atom. The van der Waals surface area contributed by atoms with E-state index in [4.69, 9.17) is 5.73 Å². The lowest BCUT2D eigenvalue weighted by molar-refractivity contribution is 0.0664. The van der Waals surface area contributed by atoms with Crippen molar-refractivity contribution in [3.05, 3.63) is 53.7 Å². The van der Waals surface area contributed by atoms with E-state index in [9.17, 15) is 9.59 Å². The van der Waals surface area contributed by atoms with E-state index in [0.717, 1.165) is 31.7 Å². The number of benzene rings is 1. The number of carbonyl (C=O) groups excluding carboxylic acids is 2. The fourth-order valence-corrected chi connectivity index (χ4v) is 2.71. The van der Waals surface area contributed by atoms with Gasteiger partial charge in [0.1, 0.15) is 5.69 Å². The van der Waals surface area contributed by atoms with Gasteiger partial charge in [-0.15, -0.1) is 0 Å². The number of hydrogen-bond donors (Lipinski definition) is 1. The van der Waals surface area contributed by atoms with Crippen LogP contribution < -0.4 is 5.73 Å². The van der Waals surface area contributed by atoms with Crippen LogP contribution in [0.1, 0.15) is 20.8 Å². The maximum atomic E-state index is 12.5. The molecule has 6 heteroatoms. The summed E-state index contributed by atoms with van der Waals surface area (Å²) in [5, 5.41) is 0. The SMILES string of the molecule is CN1CCN(C(=O)c2ccc(-c3cccc(C(N)=O)n3)cc2)CC1. The van der Waals surface area contributed by atoms with Gasteiger partial charge in [0.25, 0.3) is 11.8 Å². The molecule has 2 aromatic rings. The van der Waals surface area contributed by atoms with Crippen LogP contribution in [0.3, 0.4) is 0 Å². The summed E-state index contributed by atoms with van der Waals surface area (Å²) in [5.41, 5.74) is 7.65. The Kier molecular flexibility index (Phi) is 4.57. The molecule has 0 aliphatic carbocycles. The van der Waals surface area contributed by atoms with Crippen LogP contribution in [-0.2, 0) is 0 Å². The summed E-state index contributed by atoms with van der Waals surface area (Å²) in [6.45, 7) is 3.29. The second-order valence-electron chi connectivity index (χ2n) is 5.95. The number of nitrogens with two attached hydrogens (primary N) is 1. The molecule has 0 radical (unpaired) electrons. The molecule has 1 aromatic heterocycles. The Labute approximate surface area is 140 Å². The molecule has 0 unspecified atom stereocenters. The van der Waals surface area contributed by atoms with Crippen LogP contribution in [0.4, 0.5) is 0 Å². The third-order valence-corrected chi connectivity index (χ3v) is 4.22. The van der Waals surface area contributed by atoms with Crippen molar-refractivity contribution in [2.24, 2.45) is 5.73 Å². The van der Waals surface area contributed by atoms with E-state index in [1.807, 2.05) is 23.1 Å². The van der Waals surface area contributed by atoms with E-state index in [-0.39, 0.29) is 11.6 Å². The number of amides is 2. The molecule has 1 aliphatic rings. The van der Waals surface area contributed by atoms with Crippen molar-refractivity contribution in [3.63, 3.8) is 0 Å². The molecule has 6 nitrogen and oxygen atoms in total. The minimum atomic E-state index is -0.557. The van der Waals surface area contributed by atoms with Crippen molar-refractivity contribution in [2.45, 2.75) is 0 Å². The molecule has 1 fully saturated rings. The molecule has 24 heavy (non-hydrogen) atoms. The minimum absolute atomic E-state index is 0.0495. The molecule has 0 bridgehead atoms. The molecule has 124 valence electrons. The van der Waals surface area contributed by atoms with E-state index in [0.29, 0.717) is 11.3 Å². The van der Waals surface area contributed by atoms with Crippen LogP contribution in [0, 0.1) is 0 Å². The van der Waals surface area contributed by atoms with Crippen molar-refractivity contribution in [1.82, 2.24) is 14.8 Å². The molecule has 2 amide bonds. The van der Waals surface area contributed by atoms with Gasteiger partial charge in [0.05, 0.1) is 5.69 Å². The zero-order chi connectivity index (χ0) is 17.1. The van der Waals surface area contributed by atoms with Gasteiger partial charge in [-0.05, 0) is 31.3 Å². The summed E-state index contributed by atoms with van der Waals surface area (Å²) in [6.07, 6.45) is 0. The second-order valence-corrected chi connectivity index (χ2v) is 5.95. The lowest BCUT2D eigenvalue weighted by Crippen LogP contribution is -2.47. The Morgan fingerprint density at radius 3 is 2.29 bits per heavy atom. The Morgan fingerprint density at radius 1 is 1.00 bits per heavy atom. The molecule has 0 saturated carbocycles. The predicted octanol–water partition coefficient (Wildman–Crippen LogP) is 1.24. The molecule has 1 aliphatic heterocycles. The highest BCUT2D eigenvalue weighted by Crippen LogP contribution is 2.19. The first kappa shape index (κ1) is 16.1. The van der Waals surface area contributed by atoms with Gasteiger partial charge in [-0.2, -0.15) is 0 Å². The number of pyridine rings is 1. The quantitative estimate of drug-likeness (QED) is 0.921. The number of aromatic nitrogens is 1. The molecule has 2 N–H and O–H groups in total. The second kappa shape index (κ2) is 6.80. The molecule has 1 saturated heterocycles. The maximum absolute atomic E-state index is 12.5. The molecule has 0 atom stereocenters. The first-order valence-electron chi connectivity index (χ1n) is 7.90. The number of primary amides is 1. The predicted molar refractivity (Wildman–Crippen MR) is 91.6 cm³/mol. The molecule has 3 rings (SSSR count). The Bertz CT molecular complexity index is 750. The lowest BCUT2D eigenvalue weighted by Gasteiger charge is -2.32. The fourth-order valence-electron chi connectivity index (χ4n) is 2.71. The van der Waals surface area contributed by atoms with Gasteiger partial charge in [0.15, 0.2) is 0 Å². The normalized spacial score (nSPS) is 15.3. The van der Waals surface area contributed by atoms with E-state index in [1.165, 1.54) is 0 Å². The van der Waals surface area contributed by atoms with Gasteiger partial charge in [-0.1, -0.05) is 18.2 Å². The maximum Gasteiger partial charge on any atom is 0.267 e. The van der Waals surface area contributed by atoms with Gasteiger partial charge >= 0.3 is 0 Å². The van der Waals surface area contributed by atoms with Gasteiger partial charge in [0.2, 0.25) is 0 Å². The number of piperazine rings is 1. The molecular weight excluding hydrogens is 304 g/mol. The van der Waals surface area contributed by atoms with Crippen LogP contribution in [0.5, 0.6) is 0 Å². The highest BCUT2D eigenvalue weighted by atomic mass is 16.2. The number of likely N-dealkylation sites (N-methyl/N-ethyl adjacent to an activating group) is 1. The smallest absolute Gasteiger partial charge is 0.267 e. The molecule has 2 heterocycles. The lowest BCUT2D eigenvalue weighted by atomic mass is 10.1. The fraction of sp³-hybridized carbons (Fsp3) is 0.278. The van der Waals surface area contributed by atoms with Gasteiger partial charge in [-0.25, -0.2) is 4.98 Å². The molecular formula is C18H20N4O2. The monoisotopic (exact) mass is 324 g/mol. The van der Waals surface area contributed by atoms with Crippen LogP contribution in [0.15, 0.2) is 42.5 Å². The van der Waals surface area contributed by atoms with E-state index in [1.54, 1.807) is 24.3 Å². The van der Waals surface area contributed by atoms with Crippen LogP contribution >= 0.6 is 0 Å². The summed E-state index contributed by atoms with van der Waals surface area (Å²) in [6, 6.07) is 12.4. The average molecular weight is 324 g/mol. The van der Waals surface area contributed by atoms with Crippen LogP contribution in [0.2, 0.25) is 0 Å². The van der Waals surface area contributed by atoms with Gasteiger partial charge in [-0.3, -0.25) is 9.59 Å². The summed E-state index contributed by atoms with van der Waals surface area (Å²) < 4.78 is 0. The van der Waals surface area contributed by atoms with Crippen molar-refractivity contribution < 1.29 is 9.59 Å². The highest BCUT2D eigenvalue weighted by molar-refractivity contribution is 5.95. The van der Waals surface area contributed by atoms with Gasteiger partial charge in [0, 0.05) is 37.3 Å².